The summed E-state index contributed by atoms with van der Waals surface area (Å²) in [6.07, 6.45) is 1.86. The third-order valence-corrected chi connectivity index (χ3v) is 6.95. The average Bonchev–Trinajstić information content (AvgIpc) is 2.55. The number of anilines is 1. The van der Waals surface area contributed by atoms with E-state index in [1.165, 1.54) is 5.56 Å². The number of ether oxygens (including phenoxy) is 1. The molecule has 1 heterocycles. The fourth-order valence-corrected chi connectivity index (χ4v) is 4.21. The largest absolute Gasteiger partial charge is 0.616 e. The number of carbonyl (C=O) groups is 1. The van der Waals surface area contributed by atoms with E-state index in [9.17, 15) is 9.35 Å². The predicted molar refractivity (Wildman–Crippen MR) is 104 cm³/mol. The molecule has 1 aromatic carbocycles. The Labute approximate surface area is 154 Å². The van der Waals surface area contributed by atoms with Crippen molar-refractivity contribution in [1.82, 2.24) is 0 Å². The van der Waals surface area contributed by atoms with Gasteiger partial charge in [0.25, 0.3) is 5.91 Å². The molecule has 4 nitrogen and oxygen atoms in total. The van der Waals surface area contributed by atoms with Crippen LogP contribution < -0.4 is 5.32 Å². The lowest BCUT2D eigenvalue weighted by atomic mass is 9.87. The van der Waals surface area contributed by atoms with Crippen LogP contribution >= 0.6 is 0 Å². The molecule has 1 aromatic rings. The van der Waals surface area contributed by atoms with Crippen LogP contribution in [0.4, 0.5) is 5.69 Å². The lowest BCUT2D eigenvalue weighted by molar-refractivity contribution is -0.117. The van der Waals surface area contributed by atoms with Gasteiger partial charge in [-0.3, -0.25) is 4.79 Å². The first-order valence-corrected chi connectivity index (χ1v) is 10.3. The van der Waals surface area contributed by atoms with Crippen molar-refractivity contribution < 1.29 is 14.1 Å². The summed E-state index contributed by atoms with van der Waals surface area (Å²) in [5.41, 5.74) is 2.04. The number of nitrogens with one attached hydrogen (secondary N) is 1. The van der Waals surface area contributed by atoms with Gasteiger partial charge in [0, 0.05) is 24.8 Å². The van der Waals surface area contributed by atoms with Gasteiger partial charge in [-0.25, -0.2) is 0 Å². The molecular weight excluding hydrogens is 334 g/mol. The number of carbonyl (C=O) groups excluding carboxylic acids is 1. The number of hydrogen-bond donors (Lipinski definition) is 1. The van der Waals surface area contributed by atoms with Crippen molar-refractivity contribution in [2.75, 3.05) is 24.3 Å². The average molecular weight is 366 g/mol. The standard InChI is InChI=1S/C20H31NO3S/c1-19(2,3)16-6-8-17(9-7-16)21-18(22)20(4,5)25(23)14-15-10-12-24-13-11-15/h6-9,15H,10-14H2,1-5H3,(H,21,22)/t25-/m0/s1. The maximum Gasteiger partial charge on any atom is 0.279 e. The van der Waals surface area contributed by atoms with Crippen molar-refractivity contribution in [1.29, 1.82) is 0 Å². The highest BCUT2D eigenvalue weighted by molar-refractivity contribution is 7.93. The van der Waals surface area contributed by atoms with Gasteiger partial charge in [0.2, 0.25) is 0 Å². The minimum atomic E-state index is -1.22. The Bertz CT molecular complexity index is 572. The molecule has 1 atom stereocenters. The van der Waals surface area contributed by atoms with Crippen LogP contribution in [0.2, 0.25) is 0 Å². The van der Waals surface area contributed by atoms with Gasteiger partial charge >= 0.3 is 0 Å². The molecule has 0 radical (unpaired) electrons. The summed E-state index contributed by atoms with van der Waals surface area (Å²) >= 11 is -1.22. The molecule has 5 heteroatoms. The summed E-state index contributed by atoms with van der Waals surface area (Å²) in [6, 6.07) is 7.88. The molecule has 1 N–H and O–H groups in total. The van der Waals surface area contributed by atoms with Crippen LogP contribution in [0.1, 0.15) is 53.0 Å². The third kappa shape index (κ3) is 5.47. The second-order valence-electron chi connectivity index (χ2n) is 8.36. The molecule has 0 saturated carbocycles. The van der Waals surface area contributed by atoms with Gasteiger partial charge in [0.05, 0.1) is 0 Å². The van der Waals surface area contributed by atoms with Crippen LogP contribution in [0, 0.1) is 5.92 Å². The van der Waals surface area contributed by atoms with Gasteiger partial charge in [0.15, 0.2) is 4.75 Å². The first kappa shape index (κ1) is 20.3. The van der Waals surface area contributed by atoms with Crippen molar-refractivity contribution in [3.63, 3.8) is 0 Å². The van der Waals surface area contributed by atoms with Crippen molar-refractivity contribution in [3.8, 4) is 0 Å². The van der Waals surface area contributed by atoms with E-state index in [0.29, 0.717) is 11.7 Å². The Balaban J connectivity index is 1.97. The summed E-state index contributed by atoms with van der Waals surface area (Å²) in [5.74, 6) is 0.751. The van der Waals surface area contributed by atoms with Crippen LogP contribution in [-0.4, -0.2) is 34.2 Å². The molecule has 1 amide bonds. The quantitative estimate of drug-likeness (QED) is 0.806. The lowest BCUT2D eigenvalue weighted by Crippen LogP contribution is -2.47. The molecular formula is C20H31NO3S. The van der Waals surface area contributed by atoms with Gasteiger partial charge in [0.1, 0.15) is 5.75 Å². The van der Waals surface area contributed by atoms with E-state index in [2.05, 4.69) is 26.1 Å². The van der Waals surface area contributed by atoms with Crippen molar-refractivity contribution in [3.05, 3.63) is 29.8 Å². The summed E-state index contributed by atoms with van der Waals surface area (Å²) < 4.78 is 17.2. The lowest BCUT2D eigenvalue weighted by Gasteiger charge is -2.31. The Morgan fingerprint density at radius 2 is 1.72 bits per heavy atom. The third-order valence-electron chi connectivity index (χ3n) is 4.85. The Morgan fingerprint density at radius 1 is 1.16 bits per heavy atom. The summed E-state index contributed by atoms with van der Waals surface area (Å²) in [7, 11) is 0. The molecule has 1 aliphatic rings. The Kier molecular flexibility index (Phi) is 6.57. The molecule has 0 spiro atoms. The van der Waals surface area contributed by atoms with Gasteiger partial charge in [-0.2, -0.15) is 0 Å². The maximum absolute atomic E-state index is 12.8. The molecule has 1 aliphatic heterocycles. The predicted octanol–water partition coefficient (Wildman–Crippen LogP) is 3.88. The van der Waals surface area contributed by atoms with Crippen LogP contribution in [-0.2, 0) is 26.1 Å². The molecule has 1 fully saturated rings. The van der Waals surface area contributed by atoms with Crippen LogP contribution in [0.3, 0.4) is 0 Å². The molecule has 25 heavy (non-hydrogen) atoms. The molecule has 0 unspecified atom stereocenters. The van der Waals surface area contributed by atoms with E-state index < -0.39 is 15.9 Å². The van der Waals surface area contributed by atoms with Crippen LogP contribution in [0.15, 0.2) is 24.3 Å². The number of amides is 1. The number of benzene rings is 1. The fourth-order valence-electron chi connectivity index (χ4n) is 2.77. The number of rotatable bonds is 5. The second-order valence-corrected chi connectivity index (χ2v) is 10.4. The molecule has 0 aromatic heterocycles. The first-order chi connectivity index (χ1) is 11.6. The van der Waals surface area contributed by atoms with Gasteiger partial charge in [-0.15, -0.1) is 0 Å². The van der Waals surface area contributed by atoms with E-state index in [1.54, 1.807) is 13.8 Å². The van der Waals surface area contributed by atoms with Crippen molar-refractivity contribution in [2.45, 2.75) is 57.6 Å². The zero-order chi connectivity index (χ0) is 18.7. The van der Waals surface area contributed by atoms with Gasteiger partial charge < -0.3 is 14.6 Å². The second kappa shape index (κ2) is 8.11. The highest BCUT2D eigenvalue weighted by Gasteiger charge is 2.41. The minimum Gasteiger partial charge on any atom is -0.616 e. The van der Waals surface area contributed by atoms with Gasteiger partial charge in [-0.05, 0) is 61.0 Å². The van der Waals surface area contributed by atoms with Gasteiger partial charge in [-0.1, -0.05) is 32.9 Å². The van der Waals surface area contributed by atoms with E-state index in [0.717, 1.165) is 31.7 Å². The highest BCUT2D eigenvalue weighted by Crippen LogP contribution is 2.27. The van der Waals surface area contributed by atoms with Crippen molar-refractivity contribution in [2.24, 2.45) is 5.92 Å². The topological polar surface area (TPSA) is 61.4 Å². The zero-order valence-corrected chi connectivity index (χ0v) is 16.9. The molecule has 1 saturated heterocycles. The minimum absolute atomic E-state index is 0.0764. The zero-order valence-electron chi connectivity index (χ0n) is 16.1. The first-order valence-electron chi connectivity index (χ1n) is 8.99. The Morgan fingerprint density at radius 3 is 2.24 bits per heavy atom. The normalized spacial score (nSPS) is 18.0. The van der Waals surface area contributed by atoms with Crippen LogP contribution in [0.25, 0.3) is 0 Å². The number of hydrogen-bond acceptors (Lipinski definition) is 3. The monoisotopic (exact) mass is 365 g/mol. The highest BCUT2D eigenvalue weighted by atomic mass is 32.2. The summed E-state index contributed by atoms with van der Waals surface area (Å²) in [4.78, 5) is 12.7. The van der Waals surface area contributed by atoms with E-state index in [-0.39, 0.29) is 11.3 Å². The Hall–Kier alpha value is -1.04. The smallest absolute Gasteiger partial charge is 0.279 e. The van der Waals surface area contributed by atoms with E-state index in [4.69, 9.17) is 4.74 Å². The molecule has 140 valence electrons. The molecule has 0 bridgehead atoms. The van der Waals surface area contributed by atoms with Crippen molar-refractivity contribution >= 4 is 22.8 Å². The SMILES string of the molecule is CC(C)(C)c1ccc(NC(=O)C(C)(C)[S@@+]([O-])CC2CCOCC2)cc1. The molecule has 0 aliphatic carbocycles. The van der Waals surface area contributed by atoms with E-state index >= 15 is 0 Å². The fraction of sp³-hybridized carbons (Fsp3) is 0.650. The summed E-state index contributed by atoms with van der Waals surface area (Å²) in [5, 5.41) is 2.92. The molecule has 2 rings (SSSR count). The van der Waals surface area contributed by atoms with E-state index in [1.807, 2.05) is 24.3 Å². The summed E-state index contributed by atoms with van der Waals surface area (Å²) in [6.45, 7) is 11.5. The van der Waals surface area contributed by atoms with Crippen LogP contribution in [0.5, 0.6) is 0 Å². The maximum atomic E-state index is 12.8.